The number of hydrogen-bond donors (Lipinski definition) is 1. The van der Waals surface area contributed by atoms with Crippen LogP contribution in [0.3, 0.4) is 0 Å². The normalized spacial score (nSPS) is 21.6. The fourth-order valence-corrected chi connectivity index (χ4v) is 3.21. The van der Waals surface area contributed by atoms with Gasteiger partial charge < -0.3 is 10.1 Å². The largest absolute Gasteiger partial charge is 0.379 e. The molecule has 2 fully saturated rings. The predicted molar refractivity (Wildman–Crippen MR) is 77.7 cm³/mol. The van der Waals surface area contributed by atoms with Crippen molar-refractivity contribution in [2.75, 3.05) is 32.8 Å². The van der Waals surface area contributed by atoms with E-state index in [-0.39, 0.29) is 17.0 Å². The summed E-state index contributed by atoms with van der Waals surface area (Å²) in [5, 5.41) is 2.92. The van der Waals surface area contributed by atoms with Gasteiger partial charge in [0.05, 0.1) is 18.8 Å². The van der Waals surface area contributed by atoms with Gasteiger partial charge in [0.1, 0.15) is 5.82 Å². The zero-order valence-corrected chi connectivity index (χ0v) is 12.1. The summed E-state index contributed by atoms with van der Waals surface area (Å²) in [7, 11) is 0. The second-order valence-electron chi connectivity index (χ2n) is 5.84. The monoisotopic (exact) mass is 292 g/mol. The summed E-state index contributed by atoms with van der Waals surface area (Å²) in [6, 6.07) is 6.11. The lowest BCUT2D eigenvalue weighted by Crippen LogP contribution is -2.62. The Kier molecular flexibility index (Phi) is 4.22. The molecule has 1 aromatic carbocycles. The van der Waals surface area contributed by atoms with Crippen molar-refractivity contribution in [2.45, 2.75) is 24.8 Å². The number of morpholine rings is 1. The Morgan fingerprint density at radius 2 is 2.00 bits per heavy atom. The van der Waals surface area contributed by atoms with Crippen LogP contribution in [-0.4, -0.2) is 49.2 Å². The highest BCUT2D eigenvalue weighted by Crippen LogP contribution is 2.37. The van der Waals surface area contributed by atoms with Crippen LogP contribution in [0.2, 0.25) is 0 Å². The standard InChI is InChI=1S/C16H21FN2O2/c17-14-5-2-1-4-13(14)15(20)18-12-16(6-3-7-16)19-8-10-21-11-9-19/h1-2,4-5H,3,6-12H2,(H,18,20). The lowest BCUT2D eigenvalue weighted by Gasteiger charge is -2.51. The molecule has 1 heterocycles. The van der Waals surface area contributed by atoms with Crippen LogP contribution in [0.1, 0.15) is 29.6 Å². The van der Waals surface area contributed by atoms with Gasteiger partial charge in [-0.2, -0.15) is 0 Å². The van der Waals surface area contributed by atoms with Gasteiger partial charge in [-0.1, -0.05) is 12.1 Å². The molecule has 4 nitrogen and oxygen atoms in total. The third-order valence-corrected chi connectivity index (χ3v) is 4.66. The number of carbonyl (C=O) groups excluding carboxylic acids is 1. The average Bonchev–Trinajstić information content (AvgIpc) is 2.47. The summed E-state index contributed by atoms with van der Waals surface area (Å²) in [6.45, 7) is 3.91. The van der Waals surface area contributed by atoms with Gasteiger partial charge >= 0.3 is 0 Å². The molecule has 3 rings (SSSR count). The summed E-state index contributed by atoms with van der Waals surface area (Å²) in [5.74, 6) is -0.795. The molecule has 0 aromatic heterocycles. The summed E-state index contributed by atoms with van der Waals surface area (Å²) in [5.41, 5.74) is 0.166. The number of halogens is 1. The lowest BCUT2D eigenvalue weighted by atomic mass is 9.75. The molecule has 0 atom stereocenters. The molecule has 0 radical (unpaired) electrons. The molecule has 1 amide bonds. The number of nitrogens with zero attached hydrogens (tertiary/aromatic N) is 1. The molecule has 0 spiro atoms. The first-order valence-corrected chi connectivity index (χ1v) is 7.57. The summed E-state index contributed by atoms with van der Waals surface area (Å²) in [4.78, 5) is 14.6. The van der Waals surface area contributed by atoms with E-state index < -0.39 is 5.82 Å². The van der Waals surface area contributed by atoms with Crippen molar-refractivity contribution >= 4 is 5.91 Å². The minimum absolute atomic E-state index is 0.0463. The molecule has 114 valence electrons. The highest BCUT2D eigenvalue weighted by Gasteiger charge is 2.43. The van der Waals surface area contributed by atoms with Crippen LogP contribution in [0.4, 0.5) is 4.39 Å². The fourth-order valence-electron chi connectivity index (χ4n) is 3.21. The summed E-state index contributed by atoms with van der Waals surface area (Å²) < 4.78 is 19.0. The highest BCUT2D eigenvalue weighted by molar-refractivity contribution is 5.94. The van der Waals surface area contributed by atoms with E-state index >= 15 is 0 Å². The molecule has 1 aliphatic carbocycles. The number of carbonyl (C=O) groups is 1. The number of hydrogen-bond acceptors (Lipinski definition) is 3. The second-order valence-corrected chi connectivity index (χ2v) is 5.84. The molecular formula is C16H21FN2O2. The van der Waals surface area contributed by atoms with Crippen LogP contribution in [-0.2, 0) is 4.74 Å². The van der Waals surface area contributed by atoms with Crippen molar-refractivity contribution in [2.24, 2.45) is 0 Å². The third kappa shape index (κ3) is 2.94. The van der Waals surface area contributed by atoms with Crippen LogP contribution >= 0.6 is 0 Å². The zero-order valence-electron chi connectivity index (χ0n) is 12.1. The molecule has 1 aliphatic heterocycles. The molecule has 5 heteroatoms. The van der Waals surface area contributed by atoms with Crippen molar-refractivity contribution in [3.63, 3.8) is 0 Å². The summed E-state index contributed by atoms with van der Waals surface area (Å²) in [6.07, 6.45) is 3.36. The first-order chi connectivity index (χ1) is 10.2. The van der Waals surface area contributed by atoms with E-state index in [1.165, 1.54) is 18.6 Å². The Morgan fingerprint density at radius 1 is 1.29 bits per heavy atom. The number of rotatable bonds is 4. The Balaban J connectivity index is 1.63. The Hall–Kier alpha value is -1.46. The second kappa shape index (κ2) is 6.12. The Labute approximate surface area is 124 Å². The number of nitrogens with one attached hydrogen (secondary N) is 1. The number of amides is 1. The third-order valence-electron chi connectivity index (χ3n) is 4.66. The van der Waals surface area contributed by atoms with Crippen molar-refractivity contribution in [1.82, 2.24) is 10.2 Å². The molecule has 1 saturated heterocycles. The van der Waals surface area contributed by atoms with Crippen LogP contribution in [0, 0.1) is 5.82 Å². The molecular weight excluding hydrogens is 271 g/mol. The van der Waals surface area contributed by atoms with Crippen molar-refractivity contribution in [3.8, 4) is 0 Å². The van der Waals surface area contributed by atoms with E-state index in [0.717, 1.165) is 39.1 Å². The van der Waals surface area contributed by atoms with Crippen molar-refractivity contribution < 1.29 is 13.9 Å². The van der Waals surface area contributed by atoms with Crippen LogP contribution in [0.15, 0.2) is 24.3 Å². The molecule has 1 N–H and O–H groups in total. The Bertz CT molecular complexity index is 511. The van der Waals surface area contributed by atoms with Gasteiger partial charge in [0, 0.05) is 25.2 Å². The van der Waals surface area contributed by atoms with E-state index in [1.54, 1.807) is 12.1 Å². The van der Waals surface area contributed by atoms with Gasteiger partial charge in [-0.3, -0.25) is 9.69 Å². The molecule has 1 saturated carbocycles. The van der Waals surface area contributed by atoms with Gasteiger partial charge in [0.2, 0.25) is 0 Å². The SMILES string of the molecule is O=C(NCC1(N2CCOCC2)CCC1)c1ccccc1F. The van der Waals surface area contributed by atoms with Crippen LogP contribution < -0.4 is 5.32 Å². The smallest absolute Gasteiger partial charge is 0.254 e. The first kappa shape index (κ1) is 14.5. The lowest BCUT2D eigenvalue weighted by molar-refractivity contribution is -0.0540. The maximum Gasteiger partial charge on any atom is 0.254 e. The highest BCUT2D eigenvalue weighted by atomic mass is 19.1. The molecule has 1 aromatic rings. The minimum atomic E-state index is -0.468. The van der Waals surface area contributed by atoms with E-state index in [1.807, 2.05) is 0 Å². The van der Waals surface area contributed by atoms with Gasteiger partial charge in [0.15, 0.2) is 0 Å². The van der Waals surface area contributed by atoms with Crippen molar-refractivity contribution in [1.29, 1.82) is 0 Å². The molecule has 21 heavy (non-hydrogen) atoms. The van der Waals surface area contributed by atoms with E-state index in [4.69, 9.17) is 4.74 Å². The van der Waals surface area contributed by atoms with Crippen LogP contribution in [0.25, 0.3) is 0 Å². The van der Waals surface area contributed by atoms with Gasteiger partial charge in [0.25, 0.3) is 5.91 Å². The quantitative estimate of drug-likeness (QED) is 0.920. The molecule has 0 unspecified atom stereocenters. The molecule has 2 aliphatic rings. The van der Waals surface area contributed by atoms with Gasteiger partial charge in [-0.25, -0.2) is 4.39 Å². The van der Waals surface area contributed by atoms with Crippen molar-refractivity contribution in [3.05, 3.63) is 35.6 Å². The van der Waals surface area contributed by atoms with E-state index in [9.17, 15) is 9.18 Å². The fraction of sp³-hybridized carbons (Fsp3) is 0.562. The minimum Gasteiger partial charge on any atom is -0.379 e. The van der Waals surface area contributed by atoms with E-state index in [2.05, 4.69) is 10.2 Å². The number of ether oxygens (including phenoxy) is 1. The van der Waals surface area contributed by atoms with Gasteiger partial charge in [-0.15, -0.1) is 0 Å². The number of benzene rings is 1. The van der Waals surface area contributed by atoms with Gasteiger partial charge in [-0.05, 0) is 31.4 Å². The zero-order chi connectivity index (χ0) is 14.7. The van der Waals surface area contributed by atoms with Crippen LogP contribution in [0.5, 0.6) is 0 Å². The van der Waals surface area contributed by atoms with E-state index in [0.29, 0.717) is 6.54 Å². The topological polar surface area (TPSA) is 41.6 Å². The first-order valence-electron chi connectivity index (χ1n) is 7.57. The Morgan fingerprint density at radius 3 is 2.62 bits per heavy atom. The average molecular weight is 292 g/mol. The predicted octanol–water partition coefficient (Wildman–Crippen LogP) is 1.81. The maximum atomic E-state index is 13.6. The maximum absolute atomic E-state index is 13.6. The molecule has 0 bridgehead atoms. The summed E-state index contributed by atoms with van der Waals surface area (Å²) >= 11 is 0.